The Labute approximate surface area is 131 Å². The number of rotatable bonds is 7. The second-order valence-corrected chi connectivity index (χ2v) is 4.52. The van der Waals surface area contributed by atoms with E-state index >= 15 is 0 Å². The van der Waals surface area contributed by atoms with Crippen LogP contribution in [0.2, 0.25) is 0 Å². The highest BCUT2D eigenvalue weighted by Gasteiger charge is 2.14. The van der Waals surface area contributed by atoms with Crippen LogP contribution in [0.1, 0.15) is 15.9 Å². The van der Waals surface area contributed by atoms with Crippen LogP contribution in [0.15, 0.2) is 48.5 Å². The summed E-state index contributed by atoms with van der Waals surface area (Å²) < 4.78 is 10.2. The average Bonchev–Trinajstić information content (AvgIpc) is 2.58. The Balaban J connectivity index is 1.85. The molecule has 0 aliphatic carbocycles. The number of nitrogens with zero attached hydrogens (tertiary/aromatic N) is 1. The maximum Gasteiger partial charge on any atom is 0.344 e. The van der Waals surface area contributed by atoms with Crippen LogP contribution in [-0.4, -0.2) is 23.8 Å². The molecule has 0 saturated heterocycles. The Morgan fingerprint density at radius 3 is 2.48 bits per heavy atom. The highest BCUT2D eigenvalue weighted by Crippen LogP contribution is 2.18. The Bertz CT molecular complexity index is 711. The number of ether oxygens (including phenoxy) is 2. The number of benzene rings is 2. The molecule has 0 bridgehead atoms. The van der Waals surface area contributed by atoms with Crippen LogP contribution in [0.4, 0.5) is 5.69 Å². The normalized spacial score (nSPS) is 9.91. The van der Waals surface area contributed by atoms with Crippen molar-refractivity contribution in [3.8, 4) is 5.75 Å². The number of para-hydroxylation sites is 1. The molecule has 0 aliphatic heterocycles. The molecule has 2 aromatic carbocycles. The van der Waals surface area contributed by atoms with Crippen molar-refractivity contribution < 1.29 is 24.0 Å². The first-order chi connectivity index (χ1) is 11.1. The first-order valence-electron chi connectivity index (χ1n) is 6.66. The van der Waals surface area contributed by atoms with Crippen LogP contribution in [0.5, 0.6) is 5.75 Å². The summed E-state index contributed by atoms with van der Waals surface area (Å²) in [6.07, 6.45) is 0.699. The quantitative estimate of drug-likeness (QED) is 0.337. The molecule has 0 N–H and O–H groups in total. The van der Waals surface area contributed by atoms with Crippen molar-refractivity contribution in [3.63, 3.8) is 0 Å². The van der Waals surface area contributed by atoms with Gasteiger partial charge in [0.15, 0.2) is 6.61 Å². The summed E-state index contributed by atoms with van der Waals surface area (Å²) in [5.41, 5.74) is 0.697. The van der Waals surface area contributed by atoms with Crippen LogP contribution < -0.4 is 4.74 Å². The van der Waals surface area contributed by atoms with Gasteiger partial charge in [0.1, 0.15) is 18.6 Å². The van der Waals surface area contributed by atoms with Gasteiger partial charge in [0.2, 0.25) is 0 Å². The van der Waals surface area contributed by atoms with Gasteiger partial charge in [-0.1, -0.05) is 12.1 Å². The number of esters is 1. The van der Waals surface area contributed by atoms with Gasteiger partial charge in [-0.15, -0.1) is 0 Å². The first-order valence-corrected chi connectivity index (χ1v) is 6.66. The smallest absolute Gasteiger partial charge is 0.344 e. The Hall–Kier alpha value is -3.22. The summed E-state index contributed by atoms with van der Waals surface area (Å²) in [4.78, 5) is 32.4. The number of carbonyl (C=O) groups is 2. The van der Waals surface area contributed by atoms with E-state index in [1.54, 1.807) is 30.3 Å². The number of nitro benzene ring substituents is 1. The maximum atomic E-state index is 11.6. The lowest BCUT2D eigenvalue weighted by molar-refractivity contribution is -0.385. The van der Waals surface area contributed by atoms with Crippen molar-refractivity contribution in [2.45, 2.75) is 6.61 Å². The van der Waals surface area contributed by atoms with Crippen molar-refractivity contribution in [1.82, 2.24) is 0 Å². The number of carbonyl (C=O) groups excluding carboxylic acids is 2. The topological polar surface area (TPSA) is 95.7 Å². The number of hydrogen-bond acceptors (Lipinski definition) is 6. The third-order valence-electron chi connectivity index (χ3n) is 2.95. The van der Waals surface area contributed by atoms with Gasteiger partial charge in [-0.2, -0.15) is 0 Å². The lowest BCUT2D eigenvalue weighted by Crippen LogP contribution is -2.15. The molecule has 0 spiro atoms. The predicted octanol–water partition coefficient (Wildman–Crippen LogP) is 2.53. The molecule has 7 nitrogen and oxygen atoms in total. The van der Waals surface area contributed by atoms with E-state index < -0.39 is 10.9 Å². The summed E-state index contributed by atoms with van der Waals surface area (Å²) >= 11 is 0. The zero-order valence-electron chi connectivity index (χ0n) is 12.0. The van der Waals surface area contributed by atoms with Crippen LogP contribution in [0.25, 0.3) is 0 Å². The third kappa shape index (κ3) is 4.63. The van der Waals surface area contributed by atoms with Crippen molar-refractivity contribution in [2.75, 3.05) is 6.61 Å². The summed E-state index contributed by atoms with van der Waals surface area (Å²) in [6, 6.07) is 12.2. The third-order valence-corrected chi connectivity index (χ3v) is 2.95. The van der Waals surface area contributed by atoms with E-state index in [4.69, 9.17) is 9.47 Å². The van der Waals surface area contributed by atoms with E-state index in [0.29, 0.717) is 23.2 Å². The van der Waals surface area contributed by atoms with Crippen molar-refractivity contribution >= 4 is 17.9 Å². The average molecular weight is 315 g/mol. The van der Waals surface area contributed by atoms with Gasteiger partial charge in [0.25, 0.3) is 5.69 Å². The molecule has 2 rings (SSSR count). The van der Waals surface area contributed by atoms with Crippen LogP contribution in [-0.2, 0) is 16.1 Å². The standard InChI is InChI=1S/C16H13NO6/c18-9-12-5-7-14(8-6-12)22-11-16(19)23-10-13-3-1-2-4-15(13)17(20)21/h1-9H,10-11H2. The van der Waals surface area contributed by atoms with E-state index in [9.17, 15) is 19.7 Å². The van der Waals surface area contributed by atoms with Crippen LogP contribution >= 0.6 is 0 Å². The monoisotopic (exact) mass is 315 g/mol. The van der Waals surface area contributed by atoms with Gasteiger partial charge >= 0.3 is 5.97 Å². The molecule has 2 aromatic rings. The minimum Gasteiger partial charge on any atom is -0.482 e. The van der Waals surface area contributed by atoms with E-state index in [2.05, 4.69) is 0 Å². The molecule has 7 heteroatoms. The van der Waals surface area contributed by atoms with E-state index in [1.807, 2.05) is 0 Å². The molecule has 0 radical (unpaired) electrons. The number of aldehydes is 1. The fraction of sp³-hybridized carbons (Fsp3) is 0.125. The zero-order chi connectivity index (χ0) is 16.7. The highest BCUT2D eigenvalue weighted by molar-refractivity contribution is 5.75. The molecule has 0 saturated carbocycles. The molecule has 0 fully saturated rings. The minimum absolute atomic E-state index is 0.106. The molecule has 0 amide bonds. The zero-order valence-corrected chi connectivity index (χ0v) is 12.0. The summed E-state index contributed by atoms with van der Waals surface area (Å²) in [5, 5.41) is 10.8. The molecule has 0 heterocycles. The molecular weight excluding hydrogens is 302 g/mol. The minimum atomic E-state index is -0.650. The summed E-state index contributed by atoms with van der Waals surface area (Å²) in [7, 11) is 0. The van der Waals surface area contributed by atoms with Crippen LogP contribution in [0.3, 0.4) is 0 Å². The molecule has 0 aliphatic rings. The lowest BCUT2D eigenvalue weighted by atomic mass is 10.2. The van der Waals surface area contributed by atoms with E-state index in [-0.39, 0.29) is 18.9 Å². The van der Waals surface area contributed by atoms with Crippen molar-refractivity contribution in [2.24, 2.45) is 0 Å². The summed E-state index contributed by atoms with van der Waals surface area (Å²) in [5.74, 6) is -0.235. The van der Waals surface area contributed by atoms with Crippen molar-refractivity contribution in [1.29, 1.82) is 0 Å². The van der Waals surface area contributed by atoms with Gasteiger partial charge in [-0.25, -0.2) is 4.79 Å². The Morgan fingerprint density at radius 1 is 1.13 bits per heavy atom. The Morgan fingerprint density at radius 2 is 1.83 bits per heavy atom. The number of nitro groups is 1. The molecule has 0 atom stereocenters. The second-order valence-electron chi connectivity index (χ2n) is 4.52. The molecule has 0 aromatic heterocycles. The molecule has 23 heavy (non-hydrogen) atoms. The highest BCUT2D eigenvalue weighted by atomic mass is 16.6. The van der Waals surface area contributed by atoms with Crippen molar-refractivity contribution in [3.05, 3.63) is 69.8 Å². The fourth-order valence-corrected chi connectivity index (χ4v) is 1.80. The maximum absolute atomic E-state index is 11.6. The fourth-order valence-electron chi connectivity index (χ4n) is 1.80. The SMILES string of the molecule is O=Cc1ccc(OCC(=O)OCc2ccccc2[N+](=O)[O-])cc1. The molecule has 0 unspecified atom stereocenters. The molecular formula is C16H13NO6. The summed E-state index contributed by atoms with van der Waals surface area (Å²) in [6.45, 7) is -0.537. The predicted molar refractivity (Wildman–Crippen MR) is 80.2 cm³/mol. The van der Waals surface area contributed by atoms with Gasteiger partial charge in [0, 0.05) is 11.6 Å². The lowest BCUT2D eigenvalue weighted by Gasteiger charge is -2.07. The van der Waals surface area contributed by atoms with Gasteiger partial charge in [0.05, 0.1) is 10.5 Å². The van der Waals surface area contributed by atoms with E-state index in [1.165, 1.54) is 18.2 Å². The van der Waals surface area contributed by atoms with E-state index in [0.717, 1.165) is 0 Å². The largest absolute Gasteiger partial charge is 0.482 e. The molecule has 118 valence electrons. The number of hydrogen-bond donors (Lipinski definition) is 0. The van der Waals surface area contributed by atoms with Gasteiger partial charge in [-0.3, -0.25) is 14.9 Å². The van der Waals surface area contributed by atoms with Crippen LogP contribution in [0, 0.1) is 10.1 Å². The first kappa shape index (κ1) is 16.2. The van der Waals surface area contributed by atoms with Gasteiger partial charge in [-0.05, 0) is 30.3 Å². The second kappa shape index (κ2) is 7.69. The van der Waals surface area contributed by atoms with Gasteiger partial charge < -0.3 is 9.47 Å². The Kier molecular flexibility index (Phi) is 5.40.